The number of aromatic amines is 1. The van der Waals surface area contributed by atoms with Crippen molar-refractivity contribution in [1.82, 2.24) is 15.0 Å². The van der Waals surface area contributed by atoms with E-state index in [0.717, 1.165) is 12.8 Å². The summed E-state index contributed by atoms with van der Waals surface area (Å²) in [5.41, 5.74) is 1.27. The third kappa shape index (κ3) is 4.91. The molecule has 0 atom stereocenters. The Kier molecular flexibility index (Phi) is 6.63. The highest BCUT2D eigenvalue weighted by molar-refractivity contribution is 5.80. The number of carbonyl (C=O) groups is 1. The summed E-state index contributed by atoms with van der Waals surface area (Å²) >= 11 is 0. The number of hydrogen-bond donors (Lipinski definition) is 1. The third-order valence-corrected chi connectivity index (χ3v) is 6.37. The van der Waals surface area contributed by atoms with E-state index in [1.54, 1.807) is 19.1 Å². The highest BCUT2D eigenvalue weighted by Crippen LogP contribution is 2.32. The number of nitrogens with zero attached hydrogens (tertiary/aromatic N) is 2. The molecule has 1 aliphatic carbocycles. The van der Waals surface area contributed by atoms with E-state index in [1.165, 1.54) is 36.5 Å². The number of fused-ring (bicyclic) bond motifs is 1. The molecule has 9 heteroatoms. The monoisotopic (exact) mass is 495 g/mol. The molecule has 2 aromatic heterocycles. The molecule has 2 heterocycles. The average molecular weight is 496 g/mol. The second-order valence-corrected chi connectivity index (χ2v) is 8.79. The first-order chi connectivity index (χ1) is 17.4. The number of halogens is 3. The van der Waals surface area contributed by atoms with Crippen LogP contribution >= 0.6 is 0 Å². The first-order valence-electron chi connectivity index (χ1n) is 11.9. The van der Waals surface area contributed by atoms with Crippen molar-refractivity contribution in [3.63, 3.8) is 0 Å². The van der Waals surface area contributed by atoms with Gasteiger partial charge in [-0.15, -0.1) is 0 Å². The Morgan fingerprint density at radius 2 is 1.75 bits per heavy atom. The predicted octanol–water partition coefficient (Wildman–Crippen LogP) is 6.21. The van der Waals surface area contributed by atoms with E-state index in [4.69, 9.17) is 9.47 Å². The molecule has 186 valence electrons. The Hall–Kier alpha value is -3.88. The van der Waals surface area contributed by atoms with Crippen LogP contribution in [0.5, 0.6) is 5.88 Å². The van der Waals surface area contributed by atoms with Crippen molar-refractivity contribution in [1.29, 1.82) is 0 Å². The zero-order valence-corrected chi connectivity index (χ0v) is 19.6. The minimum absolute atomic E-state index is 0.0169. The van der Waals surface area contributed by atoms with Crippen LogP contribution in [0.25, 0.3) is 33.5 Å². The van der Waals surface area contributed by atoms with Crippen molar-refractivity contribution < 1.29 is 27.4 Å². The number of benzene rings is 2. The highest BCUT2D eigenvalue weighted by Gasteiger charge is 2.28. The number of pyridine rings is 1. The lowest BCUT2D eigenvalue weighted by Crippen LogP contribution is -2.29. The number of carbonyl (C=O) groups excluding carboxylic acids is 1. The number of H-pyrrole nitrogens is 1. The molecule has 0 amide bonds. The van der Waals surface area contributed by atoms with E-state index in [1.807, 2.05) is 0 Å². The fourth-order valence-corrected chi connectivity index (χ4v) is 4.53. The summed E-state index contributed by atoms with van der Waals surface area (Å²) in [5, 5.41) is 0. The Morgan fingerprint density at radius 3 is 2.42 bits per heavy atom. The molecule has 5 rings (SSSR count). The van der Waals surface area contributed by atoms with Crippen LogP contribution in [0, 0.1) is 23.4 Å². The zero-order chi connectivity index (χ0) is 25.2. The molecule has 2 aromatic carbocycles. The maximum Gasteiger partial charge on any atom is 0.308 e. The van der Waals surface area contributed by atoms with Crippen LogP contribution in [0.15, 0.2) is 48.7 Å². The van der Waals surface area contributed by atoms with E-state index in [-0.39, 0.29) is 29.4 Å². The number of esters is 1. The van der Waals surface area contributed by atoms with E-state index in [0.29, 0.717) is 47.5 Å². The SMILES string of the molecule is CCOC(=O)C1CCC(Oc2ccc(-c3cc(F)c(-c4nc5ccc(F)cc5[nH]4)c(F)c3)cn2)CC1. The second kappa shape index (κ2) is 10.0. The Balaban J connectivity index is 1.28. The Labute approximate surface area is 205 Å². The lowest BCUT2D eigenvalue weighted by molar-refractivity contribution is -0.149. The summed E-state index contributed by atoms with van der Waals surface area (Å²) < 4.78 is 54.4. The Morgan fingerprint density at radius 1 is 1.00 bits per heavy atom. The van der Waals surface area contributed by atoms with Crippen molar-refractivity contribution in [3.8, 4) is 28.4 Å². The van der Waals surface area contributed by atoms with Crippen LogP contribution in [0.2, 0.25) is 0 Å². The summed E-state index contributed by atoms with van der Waals surface area (Å²) in [6.45, 7) is 2.17. The molecule has 0 unspecified atom stereocenters. The van der Waals surface area contributed by atoms with Gasteiger partial charge in [0.2, 0.25) is 5.88 Å². The topological polar surface area (TPSA) is 77.1 Å². The van der Waals surface area contributed by atoms with Crippen molar-refractivity contribution in [3.05, 3.63) is 66.1 Å². The number of ether oxygens (including phenoxy) is 2. The fourth-order valence-electron chi connectivity index (χ4n) is 4.53. The molecule has 0 bridgehead atoms. The standard InChI is InChI=1S/C27H24F3N3O3/c1-2-35-27(34)15-3-7-19(8-4-15)36-24-10-5-16(14-31-24)17-11-20(29)25(21(30)12-17)26-32-22-9-6-18(28)13-23(22)33-26/h5-6,9-15,19H,2-4,7-8H2,1H3,(H,32,33). The second-order valence-electron chi connectivity index (χ2n) is 8.79. The highest BCUT2D eigenvalue weighted by atomic mass is 19.1. The van der Waals surface area contributed by atoms with Gasteiger partial charge in [0.05, 0.1) is 29.1 Å². The first kappa shape index (κ1) is 23.8. The molecule has 1 aliphatic rings. The molecule has 1 fully saturated rings. The molecule has 6 nitrogen and oxygen atoms in total. The largest absolute Gasteiger partial charge is 0.474 e. The van der Waals surface area contributed by atoms with Crippen molar-refractivity contribution in [2.24, 2.45) is 5.92 Å². The van der Waals surface area contributed by atoms with Gasteiger partial charge < -0.3 is 14.5 Å². The molecule has 0 spiro atoms. The maximum absolute atomic E-state index is 15.0. The smallest absolute Gasteiger partial charge is 0.308 e. The van der Waals surface area contributed by atoms with E-state index in [9.17, 15) is 18.0 Å². The van der Waals surface area contributed by atoms with Gasteiger partial charge in [-0.2, -0.15) is 0 Å². The van der Waals surface area contributed by atoms with Gasteiger partial charge >= 0.3 is 5.97 Å². The van der Waals surface area contributed by atoms with Gasteiger partial charge in [-0.05, 0) is 74.6 Å². The van der Waals surface area contributed by atoms with Crippen molar-refractivity contribution in [2.75, 3.05) is 6.61 Å². The first-order valence-corrected chi connectivity index (χ1v) is 11.9. The lowest BCUT2D eigenvalue weighted by Gasteiger charge is -2.27. The van der Waals surface area contributed by atoms with Gasteiger partial charge in [-0.1, -0.05) is 0 Å². The van der Waals surface area contributed by atoms with Gasteiger partial charge in [-0.3, -0.25) is 4.79 Å². The molecular formula is C27H24F3N3O3. The molecule has 0 aliphatic heterocycles. The summed E-state index contributed by atoms with van der Waals surface area (Å²) in [4.78, 5) is 23.1. The minimum Gasteiger partial charge on any atom is -0.474 e. The number of aromatic nitrogens is 3. The minimum atomic E-state index is -0.803. The fraction of sp³-hybridized carbons (Fsp3) is 0.296. The molecule has 4 aromatic rings. The van der Waals surface area contributed by atoms with Crippen LogP contribution < -0.4 is 4.74 Å². The van der Waals surface area contributed by atoms with Gasteiger partial charge in [-0.25, -0.2) is 23.1 Å². The van der Waals surface area contributed by atoms with E-state index in [2.05, 4.69) is 15.0 Å². The van der Waals surface area contributed by atoms with Gasteiger partial charge in [0.25, 0.3) is 0 Å². The van der Waals surface area contributed by atoms with Crippen LogP contribution in [0.3, 0.4) is 0 Å². The average Bonchev–Trinajstić information content (AvgIpc) is 3.27. The molecule has 36 heavy (non-hydrogen) atoms. The number of nitrogens with one attached hydrogen (secondary N) is 1. The number of imidazole rings is 1. The molecule has 1 saturated carbocycles. The zero-order valence-electron chi connectivity index (χ0n) is 19.6. The van der Waals surface area contributed by atoms with Gasteiger partial charge in [0, 0.05) is 17.8 Å². The molecule has 0 saturated heterocycles. The number of rotatable bonds is 6. The predicted molar refractivity (Wildman–Crippen MR) is 128 cm³/mol. The van der Waals surface area contributed by atoms with E-state index < -0.39 is 17.5 Å². The maximum atomic E-state index is 15.0. The van der Waals surface area contributed by atoms with Crippen LogP contribution in [-0.4, -0.2) is 33.6 Å². The van der Waals surface area contributed by atoms with Gasteiger partial charge in [0.1, 0.15) is 29.4 Å². The molecule has 0 radical (unpaired) electrons. The lowest BCUT2D eigenvalue weighted by atomic mass is 9.87. The normalized spacial score (nSPS) is 17.8. The number of hydrogen-bond acceptors (Lipinski definition) is 5. The van der Waals surface area contributed by atoms with Crippen molar-refractivity contribution >= 4 is 17.0 Å². The third-order valence-electron chi connectivity index (χ3n) is 6.37. The van der Waals surface area contributed by atoms with Gasteiger partial charge in [0.15, 0.2) is 0 Å². The van der Waals surface area contributed by atoms with Crippen LogP contribution in [0.1, 0.15) is 32.6 Å². The Bertz CT molecular complexity index is 1370. The molecule has 1 N–H and O–H groups in total. The summed E-state index contributed by atoms with van der Waals surface area (Å²) in [6, 6.07) is 9.65. The molecular weight excluding hydrogens is 471 g/mol. The van der Waals surface area contributed by atoms with Crippen molar-refractivity contribution in [2.45, 2.75) is 38.7 Å². The quantitative estimate of drug-likeness (QED) is 0.322. The summed E-state index contributed by atoms with van der Waals surface area (Å²) in [7, 11) is 0. The van der Waals surface area contributed by atoms with E-state index >= 15 is 0 Å². The summed E-state index contributed by atoms with van der Waals surface area (Å²) in [5.74, 6) is -1.93. The summed E-state index contributed by atoms with van der Waals surface area (Å²) in [6.07, 6.45) is 4.29. The van der Waals surface area contributed by atoms with Crippen LogP contribution in [-0.2, 0) is 9.53 Å². The van der Waals surface area contributed by atoms with Crippen LogP contribution in [0.4, 0.5) is 13.2 Å².